The molecule has 1 aromatic rings. The average molecular weight is 260 g/mol. The first-order chi connectivity index (χ1) is 8.97. The second-order valence-corrected chi connectivity index (χ2v) is 5.95. The van der Waals surface area contributed by atoms with Gasteiger partial charge in [-0.3, -0.25) is 4.79 Å². The molecule has 1 fully saturated rings. The zero-order valence-electron chi connectivity index (χ0n) is 12.4. The summed E-state index contributed by atoms with van der Waals surface area (Å²) >= 11 is 0. The first kappa shape index (κ1) is 13.9. The molecule has 0 radical (unpaired) electrons. The Labute approximate surface area is 116 Å². The normalized spacial score (nSPS) is 16.0. The van der Waals surface area contributed by atoms with Crippen LogP contribution in [-0.2, 0) is 0 Å². The number of nitrogens with zero attached hydrogens (tertiary/aromatic N) is 1. The monoisotopic (exact) mass is 260 g/mol. The van der Waals surface area contributed by atoms with E-state index < -0.39 is 0 Å². The molecule has 1 unspecified atom stereocenters. The number of carbonyl (C=O) groups excluding carboxylic acids is 1. The molecule has 0 bridgehead atoms. The van der Waals surface area contributed by atoms with Crippen molar-refractivity contribution in [1.82, 2.24) is 4.90 Å². The fraction of sp³-hybridized carbons (Fsp3) is 0.562. The molecule has 19 heavy (non-hydrogen) atoms. The Bertz CT molecular complexity index is 464. The van der Waals surface area contributed by atoms with Crippen molar-refractivity contribution in [2.75, 3.05) is 19.4 Å². The number of rotatable bonds is 5. The van der Waals surface area contributed by atoms with Crippen molar-refractivity contribution in [2.45, 2.75) is 39.2 Å². The molecule has 1 aromatic carbocycles. The lowest BCUT2D eigenvalue weighted by atomic mass is 10.1. The topological polar surface area (TPSA) is 32.3 Å². The highest BCUT2D eigenvalue weighted by molar-refractivity contribution is 5.95. The van der Waals surface area contributed by atoms with E-state index >= 15 is 0 Å². The summed E-state index contributed by atoms with van der Waals surface area (Å²) in [6, 6.07) is 6.36. The van der Waals surface area contributed by atoms with Crippen LogP contribution >= 0.6 is 0 Å². The summed E-state index contributed by atoms with van der Waals surface area (Å²) in [7, 11) is 3.57. The zero-order chi connectivity index (χ0) is 14.0. The van der Waals surface area contributed by atoms with Gasteiger partial charge in [0.05, 0.1) is 0 Å². The Balaban J connectivity index is 2.09. The molecular weight excluding hydrogens is 236 g/mol. The summed E-state index contributed by atoms with van der Waals surface area (Å²) in [6.45, 7) is 4.30. The highest BCUT2D eigenvalue weighted by atomic mass is 16.2. The highest BCUT2D eigenvalue weighted by Gasteiger charge is 2.23. The summed E-state index contributed by atoms with van der Waals surface area (Å²) in [4.78, 5) is 13.6. The summed E-state index contributed by atoms with van der Waals surface area (Å²) in [6.07, 6.45) is 3.99. The van der Waals surface area contributed by atoms with Gasteiger partial charge in [-0.1, -0.05) is 18.9 Å². The quantitative estimate of drug-likeness (QED) is 0.881. The predicted molar refractivity (Wildman–Crippen MR) is 79.6 cm³/mol. The van der Waals surface area contributed by atoms with Crippen molar-refractivity contribution in [3.8, 4) is 0 Å². The summed E-state index contributed by atoms with van der Waals surface area (Å²) < 4.78 is 0. The first-order valence-corrected chi connectivity index (χ1v) is 7.06. The van der Waals surface area contributed by atoms with Crippen LogP contribution in [0.1, 0.15) is 42.1 Å². The minimum atomic E-state index is 0.0536. The molecule has 1 aliphatic carbocycles. The Hall–Kier alpha value is -1.51. The van der Waals surface area contributed by atoms with Crippen molar-refractivity contribution >= 4 is 11.6 Å². The van der Waals surface area contributed by atoms with E-state index in [1.165, 1.54) is 24.8 Å². The summed E-state index contributed by atoms with van der Waals surface area (Å²) in [5.74, 6) is 0.965. The highest BCUT2D eigenvalue weighted by Crippen LogP contribution is 2.34. The minimum absolute atomic E-state index is 0.0536. The first-order valence-electron chi connectivity index (χ1n) is 7.06. The standard InChI is InChI=1S/C16H24N2O/c1-11-5-8-14(16(19)18(3)4)10-15(11)17-12(2)9-13-6-7-13/h5,8,10,12-13,17H,6-7,9H2,1-4H3. The van der Waals surface area contributed by atoms with E-state index in [0.717, 1.165) is 17.2 Å². The van der Waals surface area contributed by atoms with Gasteiger partial charge in [-0.25, -0.2) is 0 Å². The van der Waals surface area contributed by atoms with Crippen LogP contribution in [0.2, 0.25) is 0 Å². The minimum Gasteiger partial charge on any atom is -0.382 e. The fourth-order valence-electron chi connectivity index (χ4n) is 2.35. The number of hydrogen-bond acceptors (Lipinski definition) is 2. The molecule has 1 aliphatic rings. The van der Waals surface area contributed by atoms with Crippen molar-refractivity contribution in [3.05, 3.63) is 29.3 Å². The van der Waals surface area contributed by atoms with Crippen LogP contribution in [-0.4, -0.2) is 30.9 Å². The van der Waals surface area contributed by atoms with E-state index in [-0.39, 0.29) is 5.91 Å². The lowest BCUT2D eigenvalue weighted by Crippen LogP contribution is -2.22. The number of carbonyl (C=O) groups is 1. The van der Waals surface area contributed by atoms with Gasteiger partial charge in [-0.2, -0.15) is 0 Å². The molecule has 2 rings (SSSR count). The average Bonchev–Trinajstić information content (AvgIpc) is 3.14. The fourth-order valence-corrected chi connectivity index (χ4v) is 2.35. The Morgan fingerprint density at radius 2 is 2.11 bits per heavy atom. The van der Waals surface area contributed by atoms with E-state index in [4.69, 9.17) is 0 Å². The van der Waals surface area contributed by atoms with Gasteiger partial charge in [0.2, 0.25) is 0 Å². The van der Waals surface area contributed by atoms with Crippen LogP contribution in [0.25, 0.3) is 0 Å². The van der Waals surface area contributed by atoms with Gasteiger partial charge in [0.25, 0.3) is 5.91 Å². The third-order valence-corrected chi connectivity index (χ3v) is 3.68. The van der Waals surface area contributed by atoms with Crippen LogP contribution in [0.15, 0.2) is 18.2 Å². The molecule has 3 heteroatoms. The molecule has 1 atom stereocenters. The Morgan fingerprint density at radius 3 is 2.68 bits per heavy atom. The lowest BCUT2D eigenvalue weighted by molar-refractivity contribution is 0.0827. The van der Waals surface area contributed by atoms with Crippen LogP contribution < -0.4 is 5.32 Å². The maximum Gasteiger partial charge on any atom is 0.253 e. The number of aryl methyl sites for hydroxylation is 1. The summed E-state index contributed by atoms with van der Waals surface area (Å²) in [5.41, 5.74) is 3.02. The van der Waals surface area contributed by atoms with E-state index in [0.29, 0.717) is 6.04 Å². The molecule has 3 nitrogen and oxygen atoms in total. The van der Waals surface area contributed by atoms with Crippen molar-refractivity contribution < 1.29 is 4.79 Å². The van der Waals surface area contributed by atoms with Gasteiger partial charge in [0, 0.05) is 31.4 Å². The molecule has 1 N–H and O–H groups in total. The SMILES string of the molecule is Cc1ccc(C(=O)N(C)C)cc1NC(C)CC1CC1. The number of benzene rings is 1. The molecule has 0 spiro atoms. The van der Waals surface area contributed by atoms with Crippen molar-refractivity contribution in [1.29, 1.82) is 0 Å². The largest absolute Gasteiger partial charge is 0.382 e. The third-order valence-electron chi connectivity index (χ3n) is 3.68. The van der Waals surface area contributed by atoms with Crippen LogP contribution in [0.3, 0.4) is 0 Å². The summed E-state index contributed by atoms with van der Waals surface area (Å²) in [5, 5.41) is 3.54. The third kappa shape index (κ3) is 3.72. The molecular formula is C16H24N2O. The van der Waals surface area contributed by atoms with Gasteiger partial charge < -0.3 is 10.2 Å². The van der Waals surface area contributed by atoms with Crippen LogP contribution in [0.5, 0.6) is 0 Å². The second-order valence-electron chi connectivity index (χ2n) is 5.95. The predicted octanol–water partition coefficient (Wildman–Crippen LogP) is 3.30. The number of nitrogens with one attached hydrogen (secondary N) is 1. The molecule has 1 amide bonds. The maximum absolute atomic E-state index is 12.0. The smallest absolute Gasteiger partial charge is 0.253 e. The number of amides is 1. The molecule has 104 valence electrons. The van der Waals surface area contributed by atoms with Gasteiger partial charge in [-0.15, -0.1) is 0 Å². The van der Waals surface area contributed by atoms with Crippen molar-refractivity contribution in [3.63, 3.8) is 0 Å². The van der Waals surface area contributed by atoms with E-state index in [1.807, 2.05) is 18.2 Å². The van der Waals surface area contributed by atoms with Gasteiger partial charge in [0.15, 0.2) is 0 Å². The van der Waals surface area contributed by atoms with E-state index in [1.54, 1.807) is 19.0 Å². The number of anilines is 1. The van der Waals surface area contributed by atoms with Crippen LogP contribution in [0.4, 0.5) is 5.69 Å². The van der Waals surface area contributed by atoms with Gasteiger partial charge in [-0.05, 0) is 43.9 Å². The van der Waals surface area contributed by atoms with Gasteiger partial charge in [0.1, 0.15) is 0 Å². The van der Waals surface area contributed by atoms with Crippen LogP contribution in [0, 0.1) is 12.8 Å². The van der Waals surface area contributed by atoms with E-state index in [9.17, 15) is 4.79 Å². The Kier molecular flexibility index (Phi) is 4.13. The zero-order valence-corrected chi connectivity index (χ0v) is 12.4. The lowest BCUT2D eigenvalue weighted by Gasteiger charge is -2.18. The molecule has 0 saturated heterocycles. The molecule has 1 saturated carbocycles. The van der Waals surface area contributed by atoms with Crippen molar-refractivity contribution in [2.24, 2.45) is 5.92 Å². The molecule has 0 aliphatic heterocycles. The molecule has 0 aromatic heterocycles. The number of hydrogen-bond donors (Lipinski definition) is 1. The Morgan fingerprint density at radius 1 is 1.42 bits per heavy atom. The van der Waals surface area contributed by atoms with Gasteiger partial charge >= 0.3 is 0 Å². The van der Waals surface area contributed by atoms with E-state index in [2.05, 4.69) is 19.2 Å². The second kappa shape index (κ2) is 5.64. The maximum atomic E-state index is 12.0. The molecule has 0 heterocycles.